The van der Waals surface area contributed by atoms with Crippen LogP contribution >= 0.6 is 0 Å². The van der Waals surface area contributed by atoms with Crippen LogP contribution in [0.15, 0.2) is 42.5 Å². The number of fused-ring (bicyclic) bond motifs is 1. The van der Waals surface area contributed by atoms with Crippen LogP contribution in [-0.4, -0.2) is 23.9 Å². The third-order valence-electron chi connectivity index (χ3n) is 3.90. The van der Waals surface area contributed by atoms with Crippen molar-refractivity contribution in [3.63, 3.8) is 0 Å². The Balaban J connectivity index is 2.01. The highest BCUT2D eigenvalue weighted by atomic mass is 19.1. The second-order valence-electron chi connectivity index (χ2n) is 5.54. The lowest BCUT2D eigenvalue weighted by Gasteiger charge is -2.39. The number of ether oxygens (including phenoxy) is 2. The van der Waals surface area contributed by atoms with Crippen molar-refractivity contribution in [3.05, 3.63) is 59.4 Å². The van der Waals surface area contributed by atoms with Crippen LogP contribution in [-0.2, 0) is 0 Å². The molecule has 1 aliphatic rings. The molecule has 4 nitrogen and oxygen atoms in total. The van der Waals surface area contributed by atoms with E-state index in [1.807, 2.05) is 24.3 Å². The van der Waals surface area contributed by atoms with E-state index >= 15 is 0 Å². The normalized spacial score (nSPS) is 23.5. The summed E-state index contributed by atoms with van der Waals surface area (Å²) in [5.41, 5.74) is 5.78. The smallest absolute Gasteiger partial charge is 0.160 e. The van der Waals surface area contributed by atoms with Gasteiger partial charge in [-0.3, -0.25) is 0 Å². The third kappa shape index (κ3) is 2.53. The van der Waals surface area contributed by atoms with Crippen molar-refractivity contribution < 1.29 is 19.0 Å². The quantitative estimate of drug-likeness (QED) is 0.913. The Morgan fingerprint density at radius 2 is 2.14 bits per heavy atom. The predicted octanol–water partition coefficient (Wildman–Crippen LogP) is 2.34. The van der Waals surface area contributed by atoms with Crippen LogP contribution in [0.2, 0.25) is 0 Å². The summed E-state index contributed by atoms with van der Waals surface area (Å²) in [7, 11) is 0. The fourth-order valence-electron chi connectivity index (χ4n) is 2.61. The zero-order valence-corrected chi connectivity index (χ0v) is 12.3. The monoisotopic (exact) mass is 303 g/mol. The molecule has 3 rings (SSSR count). The fourth-order valence-corrected chi connectivity index (χ4v) is 2.61. The SMILES string of the molecule is Cc1cc(F)ccc1O[C@H]1c2ccccc2OC[C@@]1(O)CN. The van der Waals surface area contributed by atoms with Crippen molar-refractivity contribution in [2.75, 3.05) is 13.2 Å². The lowest BCUT2D eigenvalue weighted by atomic mass is 9.88. The number of hydrogen-bond donors (Lipinski definition) is 2. The fraction of sp³-hybridized carbons (Fsp3) is 0.294. The zero-order chi connectivity index (χ0) is 15.7. The molecule has 3 N–H and O–H groups in total. The summed E-state index contributed by atoms with van der Waals surface area (Å²) in [6.45, 7) is 1.79. The number of nitrogens with two attached hydrogens (primary N) is 1. The summed E-state index contributed by atoms with van der Waals surface area (Å²) in [4.78, 5) is 0. The van der Waals surface area contributed by atoms with Gasteiger partial charge in [-0.15, -0.1) is 0 Å². The number of rotatable bonds is 3. The van der Waals surface area contributed by atoms with Crippen LogP contribution in [0.5, 0.6) is 11.5 Å². The van der Waals surface area contributed by atoms with Crippen molar-refractivity contribution in [2.45, 2.75) is 18.6 Å². The van der Waals surface area contributed by atoms with Crippen LogP contribution in [0.4, 0.5) is 4.39 Å². The van der Waals surface area contributed by atoms with E-state index in [4.69, 9.17) is 15.2 Å². The van der Waals surface area contributed by atoms with Crippen LogP contribution in [0, 0.1) is 12.7 Å². The van der Waals surface area contributed by atoms with Gasteiger partial charge in [0.1, 0.15) is 23.9 Å². The molecule has 0 aliphatic carbocycles. The van der Waals surface area contributed by atoms with Gasteiger partial charge in [0, 0.05) is 12.1 Å². The molecule has 0 saturated carbocycles. The molecule has 0 spiro atoms. The van der Waals surface area contributed by atoms with E-state index in [9.17, 15) is 9.50 Å². The summed E-state index contributed by atoms with van der Waals surface area (Å²) < 4.78 is 24.8. The Morgan fingerprint density at radius 1 is 1.36 bits per heavy atom. The Hall–Kier alpha value is -2.11. The number of benzene rings is 2. The number of para-hydroxylation sites is 1. The molecule has 2 atom stereocenters. The van der Waals surface area contributed by atoms with E-state index in [1.165, 1.54) is 12.1 Å². The Labute approximate surface area is 128 Å². The van der Waals surface area contributed by atoms with E-state index in [0.717, 1.165) is 5.56 Å². The molecule has 2 aromatic carbocycles. The molecule has 116 valence electrons. The first-order valence-corrected chi connectivity index (χ1v) is 7.10. The average Bonchev–Trinajstić information content (AvgIpc) is 2.52. The molecule has 0 unspecified atom stereocenters. The molecule has 2 aromatic rings. The molecule has 0 amide bonds. The summed E-state index contributed by atoms with van der Waals surface area (Å²) in [5, 5.41) is 10.7. The maximum Gasteiger partial charge on any atom is 0.160 e. The molecule has 0 fully saturated rings. The number of aryl methyl sites for hydroxylation is 1. The highest BCUT2D eigenvalue weighted by molar-refractivity contribution is 5.41. The summed E-state index contributed by atoms with van der Waals surface area (Å²) in [5.74, 6) is 0.840. The summed E-state index contributed by atoms with van der Waals surface area (Å²) in [6, 6.07) is 11.6. The van der Waals surface area contributed by atoms with Gasteiger partial charge in [-0.05, 0) is 36.8 Å². The molecular formula is C17H18FNO3. The first kappa shape index (κ1) is 14.8. The van der Waals surface area contributed by atoms with Gasteiger partial charge < -0.3 is 20.3 Å². The lowest BCUT2D eigenvalue weighted by Crippen LogP contribution is -2.52. The van der Waals surface area contributed by atoms with Crippen molar-refractivity contribution in [2.24, 2.45) is 5.73 Å². The van der Waals surface area contributed by atoms with Gasteiger partial charge in [-0.25, -0.2) is 4.39 Å². The van der Waals surface area contributed by atoms with Crippen molar-refractivity contribution in [1.29, 1.82) is 0 Å². The molecule has 0 aromatic heterocycles. The van der Waals surface area contributed by atoms with Gasteiger partial charge in [0.15, 0.2) is 11.7 Å². The van der Waals surface area contributed by atoms with Gasteiger partial charge in [-0.2, -0.15) is 0 Å². The minimum Gasteiger partial charge on any atom is -0.490 e. The molecule has 1 aliphatic heterocycles. The Morgan fingerprint density at radius 3 is 2.86 bits per heavy atom. The van der Waals surface area contributed by atoms with Crippen molar-refractivity contribution in [3.8, 4) is 11.5 Å². The Kier molecular flexibility index (Phi) is 3.76. The molecule has 0 saturated heterocycles. The third-order valence-corrected chi connectivity index (χ3v) is 3.90. The van der Waals surface area contributed by atoms with Crippen LogP contribution < -0.4 is 15.2 Å². The number of halogens is 1. The van der Waals surface area contributed by atoms with Gasteiger partial charge in [-0.1, -0.05) is 18.2 Å². The highest BCUT2D eigenvalue weighted by Gasteiger charge is 2.44. The first-order valence-electron chi connectivity index (χ1n) is 7.10. The molecule has 0 bridgehead atoms. The van der Waals surface area contributed by atoms with Crippen LogP contribution in [0.25, 0.3) is 0 Å². The van der Waals surface area contributed by atoms with E-state index in [-0.39, 0.29) is 19.0 Å². The Bertz CT molecular complexity index is 691. The molecule has 22 heavy (non-hydrogen) atoms. The lowest BCUT2D eigenvalue weighted by molar-refractivity contribution is -0.0969. The van der Waals surface area contributed by atoms with E-state index in [0.29, 0.717) is 17.1 Å². The maximum atomic E-state index is 13.2. The van der Waals surface area contributed by atoms with Crippen LogP contribution in [0.3, 0.4) is 0 Å². The topological polar surface area (TPSA) is 64.7 Å². The standard InChI is InChI=1S/C17H18FNO3/c1-11-8-12(18)6-7-14(11)22-16-13-4-2-3-5-15(13)21-10-17(16,20)9-19/h2-8,16,20H,9-10,19H2,1H3/t16-,17-/m0/s1. The number of hydrogen-bond acceptors (Lipinski definition) is 4. The maximum absolute atomic E-state index is 13.2. The minimum atomic E-state index is -1.34. The average molecular weight is 303 g/mol. The van der Waals surface area contributed by atoms with Gasteiger partial charge in [0.05, 0.1) is 0 Å². The van der Waals surface area contributed by atoms with Crippen molar-refractivity contribution in [1.82, 2.24) is 0 Å². The molecular weight excluding hydrogens is 285 g/mol. The van der Waals surface area contributed by atoms with Gasteiger partial charge in [0.2, 0.25) is 0 Å². The highest BCUT2D eigenvalue weighted by Crippen LogP contribution is 2.40. The van der Waals surface area contributed by atoms with E-state index in [1.54, 1.807) is 13.0 Å². The van der Waals surface area contributed by atoms with Gasteiger partial charge >= 0.3 is 0 Å². The zero-order valence-electron chi connectivity index (χ0n) is 12.3. The molecule has 1 heterocycles. The molecule has 5 heteroatoms. The minimum absolute atomic E-state index is 0.00770. The summed E-state index contributed by atoms with van der Waals surface area (Å²) in [6.07, 6.45) is -0.674. The second kappa shape index (κ2) is 5.59. The second-order valence-corrected chi connectivity index (χ2v) is 5.54. The largest absolute Gasteiger partial charge is 0.490 e. The predicted molar refractivity (Wildman–Crippen MR) is 80.4 cm³/mol. The summed E-state index contributed by atoms with van der Waals surface area (Å²) >= 11 is 0. The van der Waals surface area contributed by atoms with Crippen LogP contribution in [0.1, 0.15) is 17.2 Å². The first-order chi connectivity index (χ1) is 10.5. The van der Waals surface area contributed by atoms with E-state index in [2.05, 4.69) is 0 Å². The van der Waals surface area contributed by atoms with Gasteiger partial charge in [0.25, 0.3) is 0 Å². The molecule has 0 radical (unpaired) electrons. The van der Waals surface area contributed by atoms with E-state index < -0.39 is 11.7 Å². The number of aliphatic hydroxyl groups is 1. The van der Waals surface area contributed by atoms with Crippen molar-refractivity contribution >= 4 is 0 Å².